The van der Waals surface area contributed by atoms with Gasteiger partial charge in [0.2, 0.25) is 5.22 Å². The van der Waals surface area contributed by atoms with E-state index in [-0.39, 0.29) is 16.5 Å². The third-order valence-electron chi connectivity index (χ3n) is 2.89. The molecule has 0 spiro atoms. The van der Waals surface area contributed by atoms with E-state index in [1.54, 1.807) is 6.07 Å². The van der Waals surface area contributed by atoms with Crippen LogP contribution < -0.4 is 5.32 Å². The number of rotatable bonds is 3. The molecule has 2 atom stereocenters. The van der Waals surface area contributed by atoms with E-state index < -0.39 is 0 Å². The van der Waals surface area contributed by atoms with Crippen molar-refractivity contribution in [3.8, 4) is 0 Å². The van der Waals surface area contributed by atoms with E-state index in [4.69, 9.17) is 27.6 Å². The maximum atomic E-state index is 11.7. The molecule has 1 saturated carbocycles. The van der Waals surface area contributed by atoms with Crippen molar-refractivity contribution < 1.29 is 9.21 Å². The molecule has 1 aromatic heterocycles. The van der Waals surface area contributed by atoms with Crippen LogP contribution in [0.2, 0.25) is 5.22 Å². The predicted octanol–water partition coefficient (Wildman–Crippen LogP) is 3.07. The molecule has 5 heteroatoms. The molecule has 2 rings (SSSR count). The highest BCUT2D eigenvalue weighted by Gasteiger charge is 2.23. The zero-order valence-electron chi connectivity index (χ0n) is 8.71. The van der Waals surface area contributed by atoms with E-state index in [0.29, 0.717) is 18.0 Å². The minimum Gasteiger partial charge on any atom is -0.452 e. The van der Waals surface area contributed by atoms with Crippen molar-refractivity contribution in [2.24, 2.45) is 5.92 Å². The summed E-state index contributed by atoms with van der Waals surface area (Å²) >= 11 is 11.7. The second-order valence-corrected chi connectivity index (χ2v) is 5.05. The molecule has 0 aliphatic heterocycles. The van der Waals surface area contributed by atoms with E-state index in [1.165, 1.54) is 6.26 Å². The van der Waals surface area contributed by atoms with Gasteiger partial charge in [0, 0.05) is 11.9 Å². The number of amides is 1. The van der Waals surface area contributed by atoms with Crippen LogP contribution in [0.25, 0.3) is 0 Å². The topological polar surface area (TPSA) is 42.2 Å². The van der Waals surface area contributed by atoms with Gasteiger partial charge in [0.05, 0.1) is 11.8 Å². The molecule has 0 radical (unpaired) electrons. The summed E-state index contributed by atoms with van der Waals surface area (Å²) in [4.78, 5) is 11.7. The Hall–Kier alpha value is -0.670. The van der Waals surface area contributed by atoms with Gasteiger partial charge in [0.1, 0.15) is 0 Å². The van der Waals surface area contributed by atoms with Gasteiger partial charge in [-0.25, -0.2) is 0 Å². The Balaban J connectivity index is 1.82. The molecule has 2 unspecified atom stereocenters. The molecule has 0 bridgehead atoms. The monoisotopic (exact) mass is 261 g/mol. The molecule has 1 aliphatic carbocycles. The van der Waals surface area contributed by atoms with Crippen LogP contribution in [-0.4, -0.2) is 17.8 Å². The Kier molecular flexibility index (Phi) is 3.77. The molecule has 1 N–H and O–H groups in total. The van der Waals surface area contributed by atoms with E-state index in [0.717, 1.165) is 19.3 Å². The SMILES string of the molecule is O=C(NCC1CCC(Cl)C1)c1ccoc1Cl. The van der Waals surface area contributed by atoms with Crippen LogP contribution in [0.3, 0.4) is 0 Å². The van der Waals surface area contributed by atoms with Gasteiger partial charge < -0.3 is 9.73 Å². The Morgan fingerprint density at radius 1 is 1.56 bits per heavy atom. The van der Waals surface area contributed by atoms with Crippen molar-refractivity contribution in [2.45, 2.75) is 24.6 Å². The third kappa shape index (κ3) is 2.71. The van der Waals surface area contributed by atoms with Crippen molar-refractivity contribution in [1.82, 2.24) is 5.32 Å². The number of halogens is 2. The van der Waals surface area contributed by atoms with Crippen LogP contribution in [0.5, 0.6) is 0 Å². The van der Waals surface area contributed by atoms with Gasteiger partial charge >= 0.3 is 0 Å². The van der Waals surface area contributed by atoms with Crippen molar-refractivity contribution in [2.75, 3.05) is 6.54 Å². The average Bonchev–Trinajstić information content (AvgIpc) is 2.84. The number of carbonyl (C=O) groups is 1. The molecular formula is C11H13Cl2NO2. The second-order valence-electron chi connectivity index (χ2n) is 4.09. The van der Waals surface area contributed by atoms with E-state index in [1.807, 2.05) is 0 Å². The molecule has 0 saturated heterocycles. The molecule has 1 aliphatic rings. The molecule has 16 heavy (non-hydrogen) atoms. The summed E-state index contributed by atoms with van der Waals surface area (Å²) in [5, 5.41) is 3.25. The lowest BCUT2D eigenvalue weighted by molar-refractivity contribution is 0.0947. The summed E-state index contributed by atoms with van der Waals surface area (Å²) in [6.07, 6.45) is 4.49. The zero-order chi connectivity index (χ0) is 11.5. The lowest BCUT2D eigenvalue weighted by Crippen LogP contribution is -2.28. The smallest absolute Gasteiger partial charge is 0.256 e. The fourth-order valence-corrected chi connectivity index (χ4v) is 2.57. The Morgan fingerprint density at radius 2 is 2.38 bits per heavy atom. The number of alkyl halides is 1. The molecule has 1 amide bonds. The number of hydrogen-bond donors (Lipinski definition) is 1. The van der Waals surface area contributed by atoms with Crippen molar-refractivity contribution in [1.29, 1.82) is 0 Å². The first-order valence-corrected chi connectivity index (χ1v) is 6.13. The van der Waals surface area contributed by atoms with Gasteiger partial charge in [-0.3, -0.25) is 4.79 Å². The maximum absolute atomic E-state index is 11.7. The zero-order valence-corrected chi connectivity index (χ0v) is 10.2. The van der Waals surface area contributed by atoms with E-state index >= 15 is 0 Å². The molecule has 1 heterocycles. The number of carbonyl (C=O) groups excluding carboxylic acids is 1. The van der Waals surface area contributed by atoms with Crippen LogP contribution in [0, 0.1) is 5.92 Å². The molecule has 1 fully saturated rings. The minimum absolute atomic E-state index is 0.138. The molecule has 1 aromatic rings. The van der Waals surface area contributed by atoms with Gasteiger partial charge in [-0.05, 0) is 42.8 Å². The van der Waals surface area contributed by atoms with Gasteiger partial charge in [0.15, 0.2) is 0 Å². The summed E-state index contributed by atoms with van der Waals surface area (Å²) in [6.45, 7) is 0.656. The van der Waals surface area contributed by atoms with Crippen molar-refractivity contribution >= 4 is 29.1 Å². The predicted molar refractivity (Wildman–Crippen MR) is 63.0 cm³/mol. The van der Waals surface area contributed by atoms with Crippen molar-refractivity contribution in [3.63, 3.8) is 0 Å². The first kappa shape index (κ1) is 11.8. The Morgan fingerprint density at radius 3 is 2.94 bits per heavy atom. The van der Waals surface area contributed by atoms with Gasteiger partial charge in [-0.2, -0.15) is 0 Å². The fourth-order valence-electron chi connectivity index (χ4n) is 1.99. The van der Waals surface area contributed by atoms with E-state index in [2.05, 4.69) is 5.32 Å². The third-order valence-corrected chi connectivity index (χ3v) is 3.58. The standard InChI is InChI=1S/C11H13Cl2NO2/c12-8-2-1-7(5-8)6-14-11(15)9-3-4-16-10(9)13/h3-4,7-8H,1-2,5-6H2,(H,14,15). The van der Waals surface area contributed by atoms with Crippen LogP contribution in [0.4, 0.5) is 0 Å². The van der Waals surface area contributed by atoms with Gasteiger partial charge in [-0.1, -0.05) is 0 Å². The summed E-state index contributed by atoms with van der Waals surface area (Å²) < 4.78 is 4.86. The average molecular weight is 262 g/mol. The van der Waals surface area contributed by atoms with Crippen LogP contribution in [0.1, 0.15) is 29.6 Å². The summed E-state index contributed by atoms with van der Waals surface area (Å²) in [6, 6.07) is 1.57. The molecule has 0 aromatic carbocycles. The minimum atomic E-state index is -0.184. The summed E-state index contributed by atoms with van der Waals surface area (Å²) in [5.74, 6) is 0.300. The van der Waals surface area contributed by atoms with E-state index in [9.17, 15) is 4.79 Å². The summed E-state index contributed by atoms with van der Waals surface area (Å²) in [5.41, 5.74) is 0.391. The normalized spacial score (nSPS) is 24.6. The van der Waals surface area contributed by atoms with Gasteiger partial charge in [-0.15, -0.1) is 11.6 Å². The van der Waals surface area contributed by atoms with Crippen LogP contribution >= 0.6 is 23.2 Å². The number of furan rings is 1. The molecule has 3 nitrogen and oxygen atoms in total. The van der Waals surface area contributed by atoms with Crippen molar-refractivity contribution in [3.05, 3.63) is 23.1 Å². The highest BCUT2D eigenvalue weighted by Crippen LogP contribution is 2.28. The highest BCUT2D eigenvalue weighted by atomic mass is 35.5. The van der Waals surface area contributed by atoms with Crippen LogP contribution in [-0.2, 0) is 0 Å². The Bertz CT molecular complexity index is 378. The van der Waals surface area contributed by atoms with Gasteiger partial charge in [0.25, 0.3) is 5.91 Å². The molecule has 88 valence electrons. The Labute approximate surface area is 104 Å². The highest BCUT2D eigenvalue weighted by molar-refractivity contribution is 6.32. The lowest BCUT2D eigenvalue weighted by Gasteiger charge is -2.09. The lowest BCUT2D eigenvalue weighted by atomic mass is 10.1. The number of nitrogens with one attached hydrogen (secondary N) is 1. The second kappa shape index (κ2) is 5.11. The van der Waals surface area contributed by atoms with Crippen LogP contribution in [0.15, 0.2) is 16.7 Å². The summed E-state index contributed by atoms with van der Waals surface area (Å²) in [7, 11) is 0. The largest absolute Gasteiger partial charge is 0.452 e. The number of hydrogen-bond acceptors (Lipinski definition) is 2. The quantitative estimate of drug-likeness (QED) is 0.850. The molecular weight excluding hydrogens is 249 g/mol. The first-order valence-electron chi connectivity index (χ1n) is 5.32. The maximum Gasteiger partial charge on any atom is 0.256 e. The fraction of sp³-hybridized carbons (Fsp3) is 0.545. The first-order chi connectivity index (χ1) is 7.66.